The first-order chi connectivity index (χ1) is 15.4. The highest BCUT2D eigenvalue weighted by Gasteiger charge is 2.49. The zero-order valence-electron chi connectivity index (χ0n) is 18.2. The minimum atomic E-state index is -0.746. The number of esters is 1. The number of piperazine rings is 1. The maximum Gasteiger partial charge on any atom is 0.325 e. The van der Waals surface area contributed by atoms with Crippen molar-refractivity contribution in [2.24, 2.45) is 4.99 Å². The third-order valence-corrected chi connectivity index (χ3v) is 6.20. The normalized spacial score (nSPS) is 23.7. The Morgan fingerprint density at radius 1 is 1.25 bits per heavy atom. The van der Waals surface area contributed by atoms with Gasteiger partial charge >= 0.3 is 12.0 Å². The minimum Gasteiger partial charge on any atom is -0.465 e. The van der Waals surface area contributed by atoms with Crippen LogP contribution in [0.5, 0.6) is 0 Å². The molecule has 1 aromatic rings. The van der Waals surface area contributed by atoms with E-state index >= 15 is 0 Å². The molecule has 2 fully saturated rings. The highest BCUT2D eigenvalue weighted by Crippen LogP contribution is 2.25. The van der Waals surface area contributed by atoms with Crippen LogP contribution in [0.4, 0.5) is 10.5 Å². The zero-order valence-corrected chi connectivity index (χ0v) is 18.9. The topological polar surface area (TPSA) is 97.8 Å². The van der Waals surface area contributed by atoms with Crippen LogP contribution in [0.1, 0.15) is 6.92 Å². The first-order valence-electron chi connectivity index (χ1n) is 10.7. The summed E-state index contributed by atoms with van der Waals surface area (Å²) in [5, 5.41) is 3.05. The summed E-state index contributed by atoms with van der Waals surface area (Å²) in [6, 6.07) is 6.55. The Kier molecular flexibility index (Phi) is 6.52. The molecule has 10 nitrogen and oxygen atoms in total. The number of rotatable bonds is 6. The average Bonchev–Trinajstić information content (AvgIpc) is 3.11. The van der Waals surface area contributed by atoms with Crippen molar-refractivity contribution in [3.63, 3.8) is 0 Å². The van der Waals surface area contributed by atoms with Crippen molar-refractivity contribution >= 4 is 41.0 Å². The van der Waals surface area contributed by atoms with Gasteiger partial charge in [-0.1, -0.05) is 17.7 Å². The standard InChI is InChI=1S/C21H27ClN6O4/c1-3-32-17(29)13-28-16(23-19-18(28)20(30)24-21(31)25(19)2)12-26-7-9-27(10-8-26)15-6-4-5-14(22)11-15/h4-6,11,18-19H,3,7-10,12-13H2,1-2H3,(H,24,30,31). The molecule has 3 aliphatic heterocycles. The molecule has 4 rings (SSSR count). The zero-order chi connectivity index (χ0) is 22.8. The number of urea groups is 1. The first kappa shape index (κ1) is 22.3. The van der Waals surface area contributed by atoms with Crippen LogP contribution in [-0.4, -0.2) is 104 Å². The number of hydrogen-bond acceptors (Lipinski definition) is 8. The molecule has 1 aromatic carbocycles. The summed E-state index contributed by atoms with van der Waals surface area (Å²) in [7, 11) is 1.60. The van der Waals surface area contributed by atoms with Gasteiger partial charge < -0.3 is 19.4 Å². The molecule has 2 unspecified atom stereocenters. The SMILES string of the molecule is CCOC(=O)CN1C(CN2CCN(c3cccc(Cl)c3)CC2)=NC2C1C(=O)NC(=O)N2C. The van der Waals surface area contributed by atoms with Crippen LogP contribution in [0.15, 0.2) is 29.3 Å². The molecule has 3 amide bonds. The van der Waals surface area contributed by atoms with E-state index in [9.17, 15) is 14.4 Å². The second-order valence-corrected chi connectivity index (χ2v) is 8.42. The van der Waals surface area contributed by atoms with Crippen molar-refractivity contribution in [3.05, 3.63) is 29.3 Å². The molecule has 0 aromatic heterocycles. The van der Waals surface area contributed by atoms with Crippen LogP contribution in [0.25, 0.3) is 0 Å². The number of benzene rings is 1. The second-order valence-electron chi connectivity index (χ2n) is 7.99. The average molecular weight is 463 g/mol. The molecule has 1 N–H and O–H groups in total. The molecule has 0 aliphatic carbocycles. The van der Waals surface area contributed by atoms with Gasteiger partial charge in [0.25, 0.3) is 5.91 Å². The lowest BCUT2D eigenvalue weighted by Crippen LogP contribution is -2.64. The van der Waals surface area contributed by atoms with Gasteiger partial charge in [0.1, 0.15) is 12.4 Å². The van der Waals surface area contributed by atoms with Gasteiger partial charge in [-0.2, -0.15) is 0 Å². The summed E-state index contributed by atoms with van der Waals surface area (Å²) < 4.78 is 5.10. The van der Waals surface area contributed by atoms with E-state index in [4.69, 9.17) is 16.3 Å². The number of amides is 3. The van der Waals surface area contributed by atoms with Gasteiger partial charge in [-0.25, -0.2) is 9.79 Å². The smallest absolute Gasteiger partial charge is 0.325 e. The van der Waals surface area contributed by atoms with E-state index in [1.807, 2.05) is 24.3 Å². The highest BCUT2D eigenvalue weighted by molar-refractivity contribution is 6.30. The molecule has 2 saturated heterocycles. The summed E-state index contributed by atoms with van der Waals surface area (Å²) in [5.41, 5.74) is 1.09. The van der Waals surface area contributed by atoms with Crippen molar-refractivity contribution in [3.8, 4) is 0 Å². The lowest BCUT2D eigenvalue weighted by Gasteiger charge is -2.38. The number of nitrogens with zero attached hydrogens (tertiary/aromatic N) is 5. The Hall–Kier alpha value is -2.85. The Balaban J connectivity index is 1.46. The third kappa shape index (κ3) is 4.51. The molecule has 3 aliphatic rings. The Bertz CT molecular complexity index is 933. The fourth-order valence-corrected chi connectivity index (χ4v) is 4.47. The van der Waals surface area contributed by atoms with Gasteiger partial charge in [0.2, 0.25) is 0 Å². The molecular weight excluding hydrogens is 436 g/mol. The van der Waals surface area contributed by atoms with E-state index in [0.29, 0.717) is 17.4 Å². The van der Waals surface area contributed by atoms with Gasteiger partial charge in [-0.05, 0) is 25.1 Å². The summed E-state index contributed by atoms with van der Waals surface area (Å²) in [4.78, 5) is 49.1. The number of fused-ring (bicyclic) bond motifs is 1. The van der Waals surface area contributed by atoms with Crippen LogP contribution in [0, 0.1) is 0 Å². The monoisotopic (exact) mass is 462 g/mol. The van der Waals surface area contributed by atoms with E-state index in [2.05, 4.69) is 20.1 Å². The van der Waals surface area contributed by atoms with E-state index < -0.39 is 30.1 Å². The summed E-state index contributed by atoms with van der Waals surface area (Å²) in [6.07, 6.45) is -0.659. The van der Waals surface area contributed by atoms with Gasteiger partial charge in [-0.3, -0.25) is 19.8 Å². The number of ether oxygens (including phenoxy) is 1. The largest absolute Gasteiger partial charge is 0.465 e. The second kappa shape index (κ2) is 9.33. The number of amidine groups is 1. The van der Waals surface area contributed by atoms with Gasteiger partial charge in [-0.15, -0.1) is 0 Å². The van der Waals surface area contributed by atoms with Gasteiger partial charge in [0, 0.05) is 43.9 Å². The maximum absolute atomic E-state index is 12.6. The highest BCUT2D eigenvalue weighted by atomic mass is 35.5. The maximum atomic E-state index is 12.6. The number of nitrogens with one attached hydrogen (secondary N) is 1. The summed E-state index contributed by atoms with van der Waals surface area (Å²) in [5.74, 6) is -0.271. The van der Waals surface area contributed by atoms with E-state index in [1.54, 1.807) is 18.9 Å². The predicted octanol–water partition coefficient (Wildman–Crippen LogP) is 0.616. The number of carbonyl (C=O) groups is 3. The third-order valence-electron chi connectivity index (χ3n) is 5.96. The number of likely N-dealkylation sites (N-methyl/N-ethyl adjacent to an activating group) is 1. The molecule has 11 heteroatoms. The van der Waals surface area contributed by atoms with Crippen LogP contribution in [-0.2, 0) is 14.3 Å². The molecule has 3 heterocycles. The Morgan fingerprint density at radius 3 is 2.69 bits per heavy atom. The molecule has 0 saturated carbocycles. The lowest BCUT2D eigenvalue weighted by atomic mass is 10.1. The van der Waals surface area contributed by atoms with Crippen molar-refractivity contribution in [1.29, 1.82) is 0 Å². The summed E-state index contributed by atoms with van der Waals surface area (Å²) in [6.45, 7) is 5.58. The molecule has 0 spiro atoms. The van der Waals surface area contributed by atoms with Crippen LogP contribution in [0.2, 0.25) is 5.02 Å². The molecule has 2 atom stereocenters. The predicted molar refractivity (Wildman–Crippen MR) is 120 cm³/mol. The number of hydrogen-bond donors (Lipinski definition) is 1. The lowest BCUT2D eigenvalue weighted by molar-refractivity contribution is -0.144. The number of anilines is 1. The van der Waals surface area contributed by atoms with Crippen molar-refractivity contribution < 1.29 is 19.1 Å². The van der Waals surface area contributed by atoms with E-state index in [1.165, 1.54) is 4.90 Å². The van der Waals surface area contributed by atoms with Crippen molar-refractivity contribution in [2.45, 2.75) is 19.1 Å². The van der Waals surface area contributed by atoms with Gasteiger partial charge in [0.15, 0.2) is 12.2 Å². The molecule has 32 heavy (non-hydrogen) atoms. The fourth-order valence-electron chi connectivity index (χ4n) is 4.29. The van der Waals surface area contributed by atoms with Crippen LogP contribution < -0.4 is 10.2 Å². The van der Waals surface area contributed by atoms with Crippen molar-refractivity contribution in [2.75, 3.05) is 57.8 Å². The molecule has 0 radical (unpaired) electrons. The number of carbonyl (C=O) groups excluding carboxylic acids is 3. The Morgan fingerprint density at radius 2 is 2.00 bits per heavy atom. The van der Waals surface area contributed by atoms with Crippen LogP contribution >= 0.6 is 11.6 Å². The summed E-state index contributed by atoms with van der Waals surface area (Å²) >= 11 is 6.12. The van der Waals surface area contributed by atoms with E-state index in [0.717, 1.165) is 31.9 Å². The van der Waals surface area contributed by atoms with Crippen molar-refractivity contribution in [1.82, 2.24) is 20.0 Å². The molecule has 172 valence electrons. The molecular formula is C21H27ClN6O4. The van der Waals surface area contributed by atoms with Gasteiger partial charge in [0.05, 0.1) is 13.2 Å². The molecule has 0 bridgehead atoms. The van der Waals surface area contributed by atoms with Crippen LogP contribution in [0.3, 0.4) is 0 Å². The fraction of sp³-hybridized carbons (Fsp3) is 0.524. The quantitative estimate of drug-likeness (QED) is 0.619. The minimum absolute atomic E-state index is 0.0915. The number of imide groups is 1. The Labute approximate surface area is 191 Å². The van der Waals surface area contributed by atoms with E-state index in [-0.39, 0.29) is 13.2 Å². The first-order valence-corrected chi connectivity index (χ1v) is 11.0. The number of halogens is 1. The number of aliphatic imine (C=N–C) groups is 1.